The first-order valence-electron chi connectivity index (χ1n) is 9.98. The Kier molecular flexibility index (Phi) is 7.29. The topological polar surface area (TPSA) is 60.0 Å². The van der Waals surface area contributed by atoms with Gasteiger partial charge in [-0.25, -0.2) is 4.39 Å². The molecule has 1 N–H and O–H groups in total. The van der Waals surface area contributed by atoms with E-state index in [4.69, 9.17) is 14.2 Å². The number of methoxy groups -OCH3 is 3. The Hall–Kier alpha value is -2.64. The van der Waals surface area contributed by atoms with E-state index < -0.39 is 0 Å². The van der Waals surface area contributed by atoms with Crippen LogP contribution in [0.1, 0.15) is 29.7 Å². The fourth-order valence-electron chi connectivity index (χ4n) is 4.17. The van der Waals surface area contributed by atoms with E-state index in [0.29, 0.717) is 18.0 Å². The minimum absolute atomic E-state index is 0.000251. The molecule has 0 bridgehead atoms. The Labute approximate surface area is 176 Å². The summed E-state index contributed by atoms with van der Waals surface area (Å²) < 4.78 is 29.7. The molecule has 0 aliphatic carbocycles. The maximum absolute atomic E-state index is 13.7. The molecule has 2 unspecified atom stereocenters. The molecule has 0 radical (unpaired) electrons. The summed E-state index contributed by atoms with van der Waals surface area (Å²) in [7, 11) is 4.72. The van der Waals surface area contributed by atoms with Crippen molar-refractivity contribution in [2.45, 2.75) is 32.0 Å². The van der Waals surface area contributed by atoms with Crippen LogP contribution in [0.25, 0.3) is 0 Å². The predicted octanol–water partition coefficient (Wildman–Crippen LogP) is 3.09. The number of fused-ring (bicyclic) bond motifs is 1. The van der Waals surface area contributed by atoms with Gasteiger partial charge < -0.3 is 19.5 Å². The largest absolute Gasteiger partial charge is 0.493 e. The van der Waals surface area contributed by atoms with Gasteiger partial charge in [0.05, 0.1) is 20.3 Å². The number of nitrogens with zero attached hydrogens (tertiary/aromatic N) is 1. The number of halogens is 1. The molecule has 162 valence electrons. The van der Waals surface area contributed by atoms with Crippen LogP contribution < -0.4 is 14.8 Å². The van der Waals surface area contributed by atoms with Crippen LogP contribution >= 0.6 is 0 Å². The summed E-state index contributed by atoms with van der Waals surface area (Å²) in [6.45, 7) is 3.32. The number of carbonyl (C=O) groups excluding carboxylic acids is 1. The van der Waals surface area contributed by atoms with Crippen LogP contribution in [0, 0.1) is 5.82 Å². The lowest BCUT2D eigenvalue weighted by atomic mass is 9.87. The van der Waals surface area contributed by atoms with Crippen molar-refractivity contribution in [1.29, 1.82) is 0 Å². The predicted molar refractivity (Wildman–Crippen MR) is 112 cm³/mol. The van der Waals surface area contributed by atoms with Crippen LogP contribution in [0.2, 0.25) is 0 Å². The van der Waals surface area contributed by atoms with Gasteiger partial charge in [-0.3, -0.25) is 9.69 Å². The first-order valence-corrected chi connectivity index (χ1v) is 9.98. The second-order valence-corrected chi connectivity index (χ2v) is 7.49. The van der Waals surface area contributed by atoms with Gasteiger partial charge in [0.15, 0.2) is 11.5 Å². The molecule has 7 heteroatoms. The van der Waals surface area contributed by atoms with Crippen LogP contribution in [0.5, 0.6) is 11.5 Å². The van der Waals surface area contributed by atoms with Crippen molar-refractivity contribution < 1.29 is 23.4 Å². The molecule has 2 atom stereocenters. The fourth-order valence-corrected chi connectivity index (χ4v) is 4.17. The molecule has 1 amide bonds. The zero-order valence-electron chi connectivity index (χ0n) is 17.9. The number of nitrogens with one attached hydrogen (secondary N) is 1. The lowest BCUT2D eigenvalue weighted by Gasteiger charge is -2.41. The van der Waals surface area contributed by atoms with Gasteiger partial charge in [0.2, 0.25) is 5.91 Å². The van der Waals surface area contributed by atoms with Crippen molar-refractivity contribution >= 4 is 5.91 Å². The lowest BCUT2D eigenvalue weighted by molar-refractivity contribution is -0.125. The van der Waals surface area contributed by atoms with Crippen molar-refractivity contribution in [3.63, 3.8) is 0 Å². The van der Waals surface area contributed by atoms with Crippen LogP contribution in [0.4, 0.5) is 4.39 Å². The van der Waals surface area contributed by atoms with Gasteiger partial charge in [-0.1, -0.05) is 12.1 Å². The minimum Gasteiger partial charge on any atom is -0.493 e. The number of ether oxygens (including phenoxy) is 3. The van der Waals surface area contributed by atoms with Gasteiger partial charge in [-0.05, 0) is 54.3 Å². The molecule has 1 aliphatic rings. The average Bonchev–Trinajstić information content (AvgIpc) is 2.72. The van der Waals surface area contributed by atoms with Crippen molar-refractivity contribution in [2.75, 3.05) is 34.5 Å². The summed E-state index contributed by atoms with van der Waals surface area (Å²) in [5.74, 6) is 0.895. The van der Waals surface area contributed by atoms with E-state index in [0.717, 1.165) is 29.7 Å². The van der Waals surface area contributed by atoms with Crippen molar-refractivity contribution in [3.05, 3.63) is 58.9 Å². The number of carbonyl (C=O) groups is 1. The van der Waals surface area contributed by atoms with Crippen LogP contribution in [-0.2, 0) is 22.5 Å². The molecule has 2 aromatic rings. The van der Waals surface area contributed by atoms with Crippen molar-refractivity contribution in [1.82, 2.24) is 10.2 Å². The van der Waals surface area contributed by atoms with E-state index >= 15 is 0 Å². The minimum atomic E-state index is -0.255. The van der Waals surface area contributed by atoms with Gasteiger partial charge in [0.1, 0.15) is 12.4 Å². The highest BCUT2D eigenvalue weighted by Crippen LogP contribution is 2.40. The summed E-state index contributed by atoms with van der Waals surface area (Å²) in [5.41, 5.74) is 3.11. The lowest BCUT2D eigenvalue weighted by Crippen LogP contribution is -2.48. The monoisotopic (exact) mass is 416 g/mol. The Morgan fingerprint density at radius 1 is 1.20 bits per heavy atom. The Morgan fingerprint density at radius 2 is 1.93 bits per heavy atom. The third-order valence-corrected chi connectivity index (χ3v) is 5.44. The molecule has 0 saturated heterocycles. The number of benzene rings is 2. The highest BCUT2D eigenvalue weighted by Gasteiger charge is 2.33. The first-order chi connectivity index (χ1) is 14.5. The van der Waals surface area contributed by atoms with Gasteiger partial charge in [-0.15, -0.1) is 0 Å². The second-order valence-electron chi connectivity index (χ2n) is 7.49. The second kappa shape index (κ2) is 9.91. The third kappa shape index (κ3) is 4.91. The highest BCUT2D eigenvalue weighted by atomic mass is 19.1. The Morgan fingerprint density at radius 3 is 2.60 bits per heavy atom. The maximum Gasteiger partial charge on any atom is 0.246 e. The molecule has 0 spiro atoms. The molecule has 6 nitrogen and oxygen atoms in total. The fraction of sp³-hybridized carbons (Fsp3) is 0.435. The SMILES string of the molecule is COCC(=O)NC(C)C1c2cc(OC)c(OC)cc2CCN1Cc1cccc(F)c1. The number of rotatable bonds is 8. The molecule has 0 aromatic heterocycles. The van der Waals surface area contributed by atoms with E-state index in [-0.39, 0.29) is 30.4 Å². The zero-order chi connectivity index (χ0) is 21.7. The molecule has 1 heterocycles. The number of hydrogen-bond donors (Lipinski definition) is 1. The quantitative estimate of drug-likeness (QED) is 0.717. The third-order valence-electron chi connectivity index (χ3n) is 5.44. The van der Waals surface area contributed by atoms with Crippen LogP contribution in [-0.4, -0.2) is 51.3 Å². The molecule has 2 aromatic carbocycles. The van der Waals surface area contributed by atoms with Gasteiger partial charge >= 0.3 is 0 Å². The molecular weight excluding hydrogens is 387 g/mol. The first kappa shape index (κ1) is 22.1. The summed E-state index contributed by atoms with van der Waals surface area (Å²) in [6.07, 6.45) is 0.820. The van der Waals surface area contributed by atoms with E-state index in [9.17, 15) is 9.18 Å². The van der Waals surface area contributed by atoms with Crippen molar-refractivity contribution in [2.24, 2.45) is 0 Å². The molecule has 3 rings (SSSR count). The molecule has 0 fully saturated rings. The molecule has 1 aliphatic heterocycles. The van der Waals surface area contributed by atoms with Crippen molar-refractivity contribution in [3.8, 4) is 11.5 Å². The summed E-state index contributed by atoms with van der Waals surface area (Å²) in [6, 6.07) is 10.3. The van der Waals surface area contributed by atoms with E-state index in [2.05, 4.69) is 10.2 Å². The summed E-state index contributed by atoms with van der Waals surface area (Å²) in [4.78, 5) is 14.5. The van der Waals surface area contributed by atoms with Gasteiger partial charge in [-0.2, -0.15) is 0 Å². The number of amides is 1. The van der Waals surface area contributed by atoms with Crippen LogP contribution in [0.3, 0.4) is 0 Å². The van der Waals surface area contributed by atoms with E-state index in [1.165, 1.54) is 13.2 Å². The standard InChI is InChI=1S/C23H29FN2O4/c1-15(25-22(27)14-28-2)23-19-12-21(30-4)20(29-3)11-17(19)8-9-26(23)13-16-6-5-7-18(24)10-16/h5-7,10-12,15,23H,8-9,13-14H2,1-4H3,(H,25,27). The molecule has 0 saturated carbocycles. The zero-order valence-corrected chi connectivity index (χ0v) is 17.9. The van der Waals surface area contributed by atoms with Gasteiger partial charge in [0, 0.05) is 26.2 Å². The van der Waals surface area contributed by atoms with Crippen LogP contribution in [0.15, 0.2) is 36.4 Å². The molecular formula is C23H29FN2O4. The number of hydrogen-bond acceptors (Lipinski definition) is 5. The summed E-state index contributed by atoms with van der Waals surface area (Å²) in [5, 5.41) is 3.03. The average molecular weight is 416 g/mol. The summed E-state index contributed by atoms with van der Waals surface area (Å²) >= 11 is 0. The van der Waals surface area contributed by atoms with E-state index in [1.807, 2.05) is 25.1 Å². The molecule has 30 heavy (non-hydrogen) atoms. The Bertz CT molecular complexity index is 890. The smallest absolute Gasteiger partial charge is 0.246 e. The highest BCUT2D eigenvalue weighted by molar-refractivity contribution is 5.77. The van der Waals surface area contributed by atoms with Gasteiger partial charge in [0.25, 0.3) is 0 Å². The normalized spacial score (nSPS) is 17.2. The van der Waals surface area contributed by atoms with E-state index in [1.54, 1.807) is 26.4 Å². The maximum atomic E-state index is 13.7. The Balaban J connectivity index is 1.97.